The fourth-order valence-corrected chi connectivity index (χ4v) is 6.21. The van der Waals surface area contributed by atoms with Crippen molar-refractivity contribution in [2.75, 3.05) is 6.54 Å². The van der Waals surface area contributed by atoms with Gasteiger partial charge in [0.2, 0.25) is 0 Å². The SMILES string of the molecule is O=C(NC[C@@H]1CCCC[C@H]1O)c1ccc(S(=O)(=O)n2cc(-c3ccccc3)c3ccccc32)cc1. The van der Waals surface area contributed by atoms with E-state index in [9.17, 15) is 18.3 Å². The van der Waals surface area contributed by atoms with Crippen LogP contribution in [0.1, 0.15) is 36.0 Å². The largest absolute Gasteiger partial charge is 0.393 e. The van der Waals surface area contributed by atoms with Crippen molar-refractivity contribution in [3.8, 4) is 11.1 Å². The molecule has 1 heterocycles. The van der Waals surface area contributed by atoms with Crippen molar-refractivity contribution in [2.45, 2.75) is 36.7 Å². The highest BCUT2D eigenvalue weighted by molar-refractivity contribution is 7.90. The number of amides is 1. The summed E-state index contributed by atoms with van der Waals surface area (Å²) in [6.07, 6.45) is 5.02. The first-order valence-corrected chi connectivity index (χ1v) is 13.4. The van der Waals surface area contributed by atoms with Gasteiger partial charge in [-0.3, -0.25) is 4.79 Å². The van der Waals surface area contributed by atoms with Crippen LogP contribution in [-0.4, -0.2) is 36.1 Å². The third-order valence-electron chi connectivity index (χ3n) is 6.83. The molecule has 35 heavy (non-hydrogen) atoms. The van der Waals surface area contributed by atoms with Gasteiger partial charge in [0.25, 0.3) is 15.9 Å². The topological polar surface area (TPSA) is 88.4 Å². The first kappa shape index (κ1) is 23.3. The van der Waals surface area contributed by atoms with Crippen LogP contribution in [0.4, 0.5) is 0 Å². The van der Waals surface area contributed by atoms with Gasteiger partial charge in [0.05, 0.1) is 16.5 Å². The van der Waals surface area contributed by atoms with Crippen molar-refractivity contribution < 1.29 is 18.3 Å². The summed E-state index contributed by atoms with van der Waals surface area (Å²) in [4.78, 5) is 12.7. The summed E-state index contributed by atoms with van der Waals surface area (Å²) >= 11 is 0. The van der Waals surface area contributed by atoms with E-state index in [0.717, 1.165) is 42.2 Å². The third kappa shape index (κ3) is 4.61. The molecule has 7 heteroatoms. The number of aromatic nitrogens is 1. The summed E-state index contributed by atoms with van der Waals surface area (Å²) in [5, 5.41) is 13.8. The molecule has 1 fully saturated rings. The van der Waals surface area contributed by atoms with E-state index < -0.39 is 10.0 Å². The van der Waals surface area contributed by atoms with E-state index >= 15 is 0 Å². The zero-order valence-electron chi connectivity index (χ0n) is 19.3. The molecule has 1 aliphatic rings. The lowest BCUT2D eigenvalue weighted by Crippen LogP contribution is -2.36. The second-order valence-corrected chi connectivity index (χ2v) is 10.9. The maximum absolute atomic E-state index is 13.6. The van der Waals surface area contributed by atoms with Crippen LogP contribution >= 0.6 is 0 Å². The fraction of sp³-hybridized carbons (Fsp3) is 0.250. The molecule has 2 N–H and O–H groups in total. The standard InChI is InChI=1S/C28H28N2O4S/c31-27-13-7-4-10-22(27)18-29-28(32)21-14-16-23(17-15-21)35(33,34)30-19-25(20-8-2-1-3-9-20)24-11-5-6-12-26(24)30/h1-3,5-6,8-9,11-12,14-17,19,22,27,31H,4,7,10,13,18H2,(H,29,32)/t22-,27+/m0/s1. The number of carbonyl (C=O) groups excluding carboxylic acids is 1. The molecule has 1 aliphatic carbocycles. The Morgan fingerprint density at radius 3 is 2.34 bits per heavy atom. The van der Waals surface area contributed by atoms with Gasteiger partial charge in [0.1, 0.15) is 0 Å². The zero-order chi connectivity index (χ0) is 24.4. The zero-order valence-corrected chi connectivity index (χ0v) is 20.1. The van der Waals surface area contributed by atoms with Crippen LogP contribution in [-0.2, 0) is 10.0 Å². The molecule has 6 nitrogen and oxygen atoms in total. The minimum atomic E-state index is -3.88. The Bertz CT molecular complexity index is 1440. The highest BCUT2D eigenvalue weighted by atomic mass is 32.2. The molecule has 2 atom stereocenters. The van der Waals surface area contributed by atoms with Gasteiger partial charge in [-0.15, -0.1) is 0 Å². The number of carbonyl (C=O) groups is 1. The summed E-state index contributed by atoms with van der Waals surface area (Å²) in [6.45, 7) is 0.414. The molecular weight excluding hydrogens is 460 g/mol. The molecule has 0 unspecified atom stereocenters. The van der Waals surface area contributed by atoms with E-state index in [-0.39, 0.29) is 22.8 Å². The number of para-hydroxylation sites is 1. The number of hydrogen-bond donors (Lipinski definition) is 2. The second-order valence-electron chi connectivity index (χ2n) is 9.07. The van der Waals surface area contributed by atoms with Crippen molar-refractivity contribution in [3.63, 3.8) is 0 Å². The normalized spacial score (nSPS) is 18.4. The lowest BCUT2D eigenvalue weighted by Gasteiger charge is -2.27. The monoisotopic (exact) mass is 488 g/mol. The maximum Gasteiger partial charge on any atom is 0.268 e. The molecule has 5 rings (SSSR count). The molecule has 4 aromatic rings. The van der Waals surface area contributed by atoms with E-state index in [1.54, 1.807) is 12.3 Å². The number of hydrogen-bond acceptors (Lipinski definition) is 4. The minimum Gasteiger partial charge on any atom is -0.393 e. The molecule has 0 spiro atoms. The molecule has 0 bridgehead atoms. The van der Waals surface area contributed by atoms with Crippen molar-refractivity contribution in [1.82, 2.24) is 9.29 Å². The van der Waals surface area contributed by atoms with Gasteiger partial charge in [-0.05, 0) is 48.7 Å². The summed E-state index contributed by atoms with van der Waals surface area (Å²) < 4.78 is 28.5. The molecular formula is C28H28N2O4S. The molecule has 180 valence electrons. The van der Waals surface area contributed by atoms with Crippen LogP contribution in [0.2, 0.25) is 0 Å². The predicted molar refractivity (Wildman–Crippen MR) is 137 cm³/mol. The van der Waals surface area contributed by atoms with Gasteiger partial charge < -0.3 is 10.4 Å². The van der Waals surface area contributed by atoms with Gasteiger partial charge in [-0.2, -0.15) is 0 Å². The Kier molecular flexibility index (Phi) is 6.45. The molecule has 0 saturated heterocycles. The minimum absolute atomic E-state index is 0.0631. The third-order valence-corrected chi connectivity index (χ3v) is 8.52. The van der Waals surface area contributed by atoms with Crippen molar-refractivity contribution >= 4 is 26.8 Å². The second kappa shape index (κ2) is 9.68. The fourth-order valence-electron chi connectivity index (χ4n) is 4.84. The number of aliphatic hydroxyl groups is 1. The Labute approximate surface area is 205 Å². The highest BCUT2D eigenvalue weighted by Gasteiger charge is 2.24. The Hall–Kier alpha value is -3.42. The number of rotatable bonds is 6. The van der Waals surface area contributed by atoms with Gasteiger partial charge in [0.15, 0.2) is 0 Å². The van der Waals surface area contributed by atoms with Crippen molar-refractivity contribution in [3.05, 3.63) is 90.6 Å². The number of nitrogens with zero attached hydrogens (tertiary/aromatic N) is 1. The number of aliphatic hydroxyl groups excluding tert-OH is 1. The van der Waals surface area contributed by atoms with Crippen LogP contribution in [0, 0.1) is 5.92 Å². The lowest BCUT2D eigenvalue weighted by atomic mass is 9.86. The first-order chi connectivity index (χ1) is 16.9. The van der Waals surface area contributed by atoms with Crippen molar-refractivity contribution in [2.24, 2.45) is 5.92 Å². The molecule has 1 aromatic heterocycles. The number of fused-ring (bicyclic) bond motifs is 1. The highest BCUT2D eigenvalue weighted by Crippen LogP contribution is 2.33. The van der Waals surface area contributed by atoms with E-state index in [0.29, 0.717) is 17.6 Å². The molecule has 1 amide bonds. The van der Waals surface area contributed by atoms with Crippen LogP contribution in [0.15, 0.2) is 90.0 Å². The lowest BCUT2D eigenvalue weighted by molar-refractivity contribution is 0.0663. The van der Waals surface area contributed by atoms with Gasteiger partial charge in [-0.25, -0.2) is 12.4 Å². The molecule has 1 saturated carbocycles. The van der Waals surface area contributed by atoms with Gasteiger partial charge in [0, 0.05) is 35.2 Å². The smallest absolute Gasteiger partial charge is 0.268 e. The Balaban J connectivity index is 1.40. The van der Waals surface area contributed by atoms with E-state index in [4.69, 9.17) is 0 Å². The number of benzene rings is 3. The summed E-state index contributed by atoms with van der Waals surface area (Å²) in [6, 6.07) is 23.1. The Morgan fingerprint density at radius 1 is 0.914 bits per heavy atom. The van der Waals surface area contributed by atoms with Crippen molar-refractivity contribution in [1.29, 1.82) is 0 Å². The molecule has 0 aliphatic heterocycles. The van der Waals surface area contributed by atoms with Crippen LogP contribution in [0.3, 0.4) is 0 Å². The number of nitrogens with one attached hydrogen (secondary N) is 1. The summed E-state index contributed by atoms with van der Waals surface area (Å²) in [5.74, 6) is -0.210. The maximum atomic E-state index is 13.6. The van der Waals surface area contributed by atoms with E-state index in [2.05, 4.69) is 5.32 Å². The first-order valence-electron chi connectivity index (χ1n) is 11.9. The van der Waals surface area contributed by atoms with Crippen LogP contribution in [0.5, 0.6) is 0 Å². The molecule has 0 radical (unpaired) electrons. The van der Waals surface area contributed by atoms with E-state index in [1.807, 2.05) is 48.5 Å². The average molecular weight is 489 g/mol. The van der Waals surface area contributed by atoms with Crippen LogP contribution in [0.25, 0.3) is 22.0 Å². The Morgan fingerprint density at radius 2 is 1.60 bits per heavy atom. The van der Waals surface area contributed by atoms with Gasteiger partial charge >= 0.3 is 0 Å². The van der Waals surface area contributed by atoms with E-state index in [1.165, 1.54) is 28.2 Å². The van der Waals surface area contributed by atoms with Gasteiger partial charge in [-0.1, -0.05) is 61.4 Å². The average Bonchev–Trinajstić information content (AvgIpc) is 3.29. The summed E-state index contributed by atoms with van der Waals surface area (Å²) in [7, 11) is -3.88. The molecule has 3 aromatic carbocycles. The predicted octanol–water partition coefficient (Wildman–Crippen LogP) is 4.83. The summed E-state index contributed by atoms with van der Waals surface area (Å²) in [5.41, 5.74) is 2.76. The van der Waals surface area contributed by atoms with Crippen LogP contribution < -0.4 is 5.32 Å². The quantitative estimate of drug-likeness (QED) is 0.407.